The van der Waals surface area contributed by atoms with E-state index in [2.05, 4.69) is 0 Å². The minimum Gasteiger partial charge on any atom is -0.478 e. The van der Waals surface area contributed by atoms with Gasteiger partial charge in [-0.2, -0.15) is 0 Å². The summed E-state index contributed by atoms with van der Waals surface area (Å²) in [5.74, 6) is -0.841. The molecule has 5 atom stereocenters. The number of aromatic carboxylic acids is 1. The molecule has 5 N–H and O–H groups in total. The molecule has 0 bridgehead atoms. The van der Waals surface area contributed by atoms with Gasteiger partial charge in [-0.15, -0.1) is 0 Å². The molecule has 1 saturated heterocycles. The Morgan fingerprint density at radius 1 is 1.06 bits per heavy atom. The Bertz CT molecular complexity index is 1110. The van der Waals surface area contributed by atoms with E-state index in [1.54, 1.807) is 42.6 Å². The largest absolute Gasteiger partial charge is 0.478 e. The number of carboxylic acids is 1. The summed E-state index contributed by atoms with van der Waals surface area (Å²) < 4.78 is 12.8. The molecule has 31 heavy (non-hydrogen) atoms. The lowest BCUT2D eigenvalue weighted by Gasteiger charge is -2.39. The van der Waals surface area contributed by atoms with Crippen LogP contribution in [-0.2, 0) is 4.74 Å². The van der Waals surface area contributed by atoms with Crippen molar-refractivity contribution in [2.24, 2.45) is 0 Å². The topological polar surface area (TPSA) is 142 Å². The number of hydrogen-bond donors (Lipinski definition) is 5. The number of ether oxygens (including phenoxy) is 2. The fourth-order valence-corrected chi connectivity index (χ4v) is 3.75. The predicted molar refractivity (Wildman–Crippen MR) is 110 cm³/mol. The van der Waals surface area contributed by atoms with E-state index < -0.39 is 43.3 Å². The molecule has 1 aliphatic rings. The van der Waals surface area contributed by atoms with Gasteiger partial charge in [0.1, 0.15) is 30.2 Å². The summed E-state index contributed by atoms with van der Waals surface area (Å²) in [5, 5.41) is 49.3. The highest BCUT2D eigenvalue weighted by Gasteiger charge is 2.44. The quantitative estimate of drug-likeness (QED) is 0.390. The fraction of sp³-hybridized carbons (Fsp3) is 0.286. The molecule has 2 heterocycles. The standard InChI is InChI=1S/C21H20ClNO8/c22-13-8-12(23-6-5-10-7-11(20(28)29)1-3-14(10)23)2-4-15(13)30-21-19(27)18(26)17(25)16(9-24)31-21/h1-8,16-19,21,24-27H,9H2,(H,28,29)/t16?,17-,18?,19-,21+/m1/s1. The van der Waals surface area contributed by atoms with Gasteiger partial charge in [-0.05, 0) is 42.5 Å². The molecule has 2 aromatic carbocycles. The maximum atomic E-state index is 11.2. The Morgan fingerprint density at radius 2 is 1.84 bits per heavy atom. The lowest BCUT2D eigenvalue weighted by Crippen LogP contribution is -2.60. The summed E-state index contributed by atoms with van der Waals surface area (Å²) >= 11 is 6.35. The molecule has 1 aliphatic heterocycles. The second kappa shape index (κ2) is 8.46. The van der Waals surface area contributed by atoms with Gasteiger partial charge in [0, 0.05) is 17.3 Å². The van der Waals surface area contributed by atoms with Crippen LogP contribution in [0.2, 0.25) is 5.02 Å². The zero-order valence-corrected chi connectivity index (χ0v) is 16.8. The monoisotopic (exact) mass is 449 g/mol. The predicted octanol–water partition coefficient (Wildman–Crippen LogP) is 1.16. The number of carbonyl (C=O) groups is 1. The smallest absolute Gasteiger partial charge is 0.335 e. The van der Waals surface area contributed by atoms with Crippen LogP contribution < -0.4 is 4.74 Å². The number of aliphatic hydroxyl groups is 4. The maximum Gasteiger partial charge on any atom is 0.335 e. The first kappa shape index (κ1) is 21.6. The van der Waals surface area contributed by atoms with Gasteiger partial charge in [-0.1, -0.05) is 11.6 Å². The number of benzene rings is 2. The van der Waals surface area contributed by atoms with Gasteiger partial charge < -0.3 is 39.6 Å². The van der Waals surface area contributed by atoms with Crippen molar-refractivity contribution in [1.82, 2.24) is 4.57 Å². The number of nitrogens with zero attached hydrogens (tertiary/aromatic N) is 1. The van der Waals surface area contributed by atoms with Crippen molar-refractivity contribution in [3.63, 3.8) is 0 Å². The van der Waals surface area contributed by atoms with Crippen molar-refractivity contribution in [3.05, 3.63) is 59.2 Å². The van der Waals surface area contributed by atoms with Crippen molar-refractivity contribution in [2.75, 3.05) is 6.61 Å². The van der Waals surface area contributed by atoms with Crippen LogP contribution in [0.25, 0.3) is 16.6 Å². The summed E-state index contributed by atoms with van der Waals surface area (Å²) in [6, 6.07) is 11.4. The highest BCUT2D eigenvalue weighted by atomic mass is 35.5. The molecule has 0 radical (unpaired) electrons. The van der Waals surface area contributed by atoms with E-state index in [4.69, 9.17) is 26.2 Å². The van der Waals surface area contributed by atoms with Crippen LogP contribution in [0.5, 0.6) is 5.75 Å². The summed E-state index contributed by atoms with van der Waals surface area (Å²) in [4.78, 5) is 11.2. The number of aromatic nitrogens is 1. The van der Waals surface area contributed by atoms with E-state index in [1.165, 1.54) is 6.07 Å². The third-order valence-corrected chi connectivity index (χ3v) is 5.52. The van der Waals surface area contributed by atoms with Crippen LogP contribution in [0.15, 0.2) is 48.7 Å². The molecule has 2 unspecified atom stereocenters. The van der Waals surface area contributed by atoms with Crippen molar-refractivity contribution in [1.29, 1.82) is 0 Å². The third kappa shape index (κ3) is 3.99. The first-order valence-electron chi connectivity index (χ1n) is 9.41. The second-order valence-corrected chi connectivity index (χ2v) is 7.60. The molecule has 4 rings (SSSR count). The number of hydrogen-bond acceptors (Lipinski definition) is 7. The minimum atomic E-state index is -1.56. The number of aliphatic hydroxyl groups excluding tert-OH is 4. The van der Waals surface area contributed by atoms with Crippen LogP contribution >= 0.6 is 11.6 Å². The molecule has 1 fully saturated rings. The molecule has 0 spiro atoms. The second-order valence-electron chi connectivity index (χ2n) is 7.19. The van der Waals surface area contributed by atoms with Crippen LogP contribution in [0, 0.1) is 0 Å². The lowest BCUT2D eigenvalue weighted by molar-refractivity contribution is -0.277. The number of carboxylic acid groups (broad SMARTS) is 1. The highest BCUT2D eigenvalue weighted by Crippen LogP contribution is 2.32. The third-order valence-electron chi connectivity index (χ3n) is 5.22. The van der Waals surface area contributed by atoms with E-state index in [0.717, 1.165) is 10.9 Å². The van der Waals surface area contributed by atoms with Gasteiger partial charge >= 0.3 is 5.97 Å². The normalized spacial score (nSPS) is 26.2. The molecule has 1 aromatic heterocycles. The first-order chi connectivity index (χ1) is 14.8. The Labute approximate surface area is 181 Å². The average molecular weight is 450 g/mol. The Kier molecular flexibility index (Phi) is 5.89. The zero-order chi connectivity index (χ0) is 22.3. The molecule has 0 saturated carbocycles. The van der Waals surface area contributed by atoms with Crippen molar-refractivity contribution < 1.29 is 39.8 Å². The summed E-state index contributed by atoms with van der Waals surface area (Å²) in [5.41, 5.74) is 1.65. The van der Waals surface area contributed by atoms with Crippen molar-refractivity contribution in [2.45, 2.75) is 30.7 Å². The van der Waals surface area contributed by atoms with Crippen LogP contribution in [0.1, 0.15) is 10.4 Å². The molecule has 10 heteroatoms. The van der Waals surface area contributed by atoms with Crippen LogP contribution in [0.4, 0.5) is 0 Å². The van der Waals surface area contributed by atoms with E-state index in [-0.39, 0.29) is 16.3 Å². The van der Waals surface area contributed by atoms with Gasteiger partial charge in [0.2, 0.25) is 6.29 Å². The molecule has 3 aromatic rings. The average Bonchev–Trinajstić information content (AvgIpc) is 3.18. The van der Waals surface area contributed by atoms with Gasteiger partial charge in [0.05, 0.1) is 22.7 Å². The molecule has 9 nitrogen and oxygen atoms in total. The van der Waals surface area contributed by atoms with E-state index in [1.807, 2.05) is 4.57 Å². The van der Waals surface area contributed by atoms with E-state index in [0.29, 0.717) is 5.69 Å². The van der Waals surface area contributed by atoms with Crippen molar-refractivity contribution >= 4 is 28.5 Å². The highest BCUT2D eigenvalue weighted by molar-refractivity contribution is 6.32. The molecular weight excluding hydrogens is 430 g/mol. The van der Waals surface area contributed by atoms with Gasteiger partial charge in [0.25, 0.3) is 0 Å². The van der Waals surface area contributed by atoms with Gasteiger partial charge in [0.15, 0.2) is 0 Å². The minimum absolute atomic E-state index is 0.166. The van der Waals surface area contributed by atoms with Crippen LogP contribution in [0.3, 0.4) is 0 Å². The number of fused-ring (bicyclic) bond motifs is 1. The van der Waals surface area contributed by atoms with Crippen LogP contribution in [-0.4, -0.2) is 73.4 Å². The number of halogens is 1. The SMILES string of the molecule is O=C(O)c1ccc2c(ccn2-c2ccc(O[C@H]3OC(CO)[C@@H](O)C(O)[C@H]3O)c(Cl)c2)c1. The molecule has 0 aliphatic carbocycles. The summed E-state index contributed by atoms with van der Waals surface area (Å²) in [6.45, 7) is -0.568. The lowest BCUT2D eigenvalue weighted by atomic mass is 9.99. The van der Waals surface area contributed by atoms with Gasteiger partial charge in [-0.3, -0.25) is 0 Å². The van der Waals surface area contributed by atoms with E-state index >= 15 is 0 Å². The molecular formula is C21H20ClNO8. The summed E-state index contributed by atoms with van der Waals surface area (Å²) in [6.07, 6.45) is -5.26. The Hall–Kier alpha value is -2.66. The number of rotatable bonds is 5. The van der Waals surface area contributed by atoms with E-state index in [9.17, 15) is 25.2 Å². The van der Waals surface area contributed by atoms with Crippen molar-refractivity contribution in [3.8, 4) is 11.4 Å². The molecule has 164 valence electrons. The molecule has 0 amide bonds. The van der Waals surface area contributed by atoms with Gasteiger partial charge in [-0.25, -0.2) is 4.79 Å². The zero-order valence-electron chi connectivity index (χ0n) is 16.0. The maximum absolute atomic E-state index is 11.2. The fourth-order valence-electron chi connectivity index (χ4n) is 3.53. The summed E-state index contributed by atoms with van der Waals surface area (Å²) in [7, 11) is 0. The first-order valence-corrected chi connectivity index (χ1v) is 9.79. The Balaban J connectivity index is 1.59. The Morgan fingerprint density at radius 3 is 2.52 bits per heavy atom.